The summed E-state index contributed by atoms with van der Waals surface area (Å²) in [6, 6.07) is 3.61. The van der Waals surface area contributed by atoms with Crippen LogP contribution in [-0.2, 0) is 0 Å². The molecular formula is C11H15ClN2O. The Balaban J connectivity index is 1.95. The van der Waals surface area contributed by atoms with Crippen molar-refractivity contribution >= 4 is 11.6 Å². The molecule has 0 saturated carbocycles. The van der Waals surface area contributed by atoms with Crippen LogP contribution in [0.2, 0.25) is 5.02 Å². The van der Waals surface area contributed by atoms with E-state index in [-0.39, 0.29) is 6.10 Å². The number of hydrogen-bond donors (Lipinski definition) is 0. The van der Waals surface area contributed by atoms with Gasteiger partial charge >= 0.3 is 0 Å². The minimum absolute atomic E-state index is 0.258. The average molecular weight is 227 g/mol. The highest BCUT2D eigenvalue weighted by Crippen LogP contribution is 2.23. The SMILES string of the molecule is CN1CCC(Oc2ncccc2Cl)CC1. The van der Waals surface area contributed by atoms with Crippen LogP contribution < -0.4 is 4.74 Å². The van der Waals surface area contributed by atoms with Crippen molar-refractivity contribution in [1.82, 2.24) is 9.88 Å². The molecule has 1 aliphatic heterocycles. The van der Waals surface area contributed by atoms with Crippen LogP contribution in [-0.4, -0.2) is 36.1 Å². The highest BCUT2D eigenvalue weighted by Gasteiger charge is 2.19. The van der Waals surface area contributed by atoms with Crippen LogP contribution in [0.25, 0.3) is 0 Å². The van der Waals surface area contributed by atoms with Gasteiger partial charge in [-0.25, -0.2) is 4.98 Å². The third-order valence-electron chi connectivity index (χ3n) is 2.67. The molecule has 4 heteroatoms. The molecule has 1 aromatic rings. The number of pyridine rings is 1. The summed E-state index contributed by atoms with van der Waals surface area (Å²) in [4.78, 5) is 6.43. The van der Waals surface area contributed by atoms with E-state index in [1.807, 2.05) is 6.07 Å². The third kappa shape index (κ3) is 2.83. The molecule has 1 aliphatic rings. The van der Waals surface area contributed by atoms with E-state index in [1.54, 1.807) is 12.3 Å². The van der Waals surface area contributed by atoms with Gasteiger partial charge in [-0.15, -0.1) is 0 Å². The van der Waals surface area contributed by atoms with Gasteiger partial charge in [0.25, 0.3) is 0 Å². The van der Waals surface area contributed by atoms with E-state index in [0.29, 0.717) is 10.9 Å². The van der Waals surface area contributed by atoms with Crippen LogP contribution in [0.1, 0.15) is 12.8 Å². The van der Waals surface area contributed by atoms with Crippen LogP contribution in [0.3, 0.4) is 0 Å². The first-order valence-electron chi connectivity index (χ1n) is 5.21. The second-order valence-electron chi connectivity index (χ2n) is 3.91. The van der Waals surface area contributed by atoms with E-state index in [4.69, 9.17) is 16.3 Å². The quantitative estimate of drug-likeness (QED) is 0.773. The van der Waals surface area contributed by atoms with Crippen molar-refractivity contribution < 1.29 is 4.74 Å². The van der Waals surface area contributed by atoms with E-state index in [0.717, 1.165) is 25.9 Å². The Morgan fingerprint density at radius 1 is 1.47 bits per heavy atom. The predicted molar refractivity (Wildman–Crippen MR) is 60.4 cm³/mol. The van der Waals surface area contributed by atoms with Gasteiger partial charge in [-0.05, 0) is 32.0 Å². The lowest BCUT2D eigenvalue weighted by Gasteiger charge is -2.29. The van der Waals surface area contributed by atoms with Gasteiger partial charge in [0.1, 0.15) is 11.1 Å². The summed E-state index contributed by atoms with van der Waals surface area (Å²) in [5.41, 5.74) is 0. The standard InChI is InChI=1S/C11H15ClN2O/c1-14-7-4-9(5-8-14)15-11-10(12)3-2-6-13-11/h2-3,6,9H,4-5,7-8H2,1H3. The number of rotatable bonds is 2. The minimum atomic E-state index is 0.258. The number of nitrogens with zero attached hydrogens (tertiary/aromatic N) is 2. The highest BCUT2D eigenvalue weighted by atomic mass is 35.5. The molecule has 2 rings (SSSR count). The second-order valence-corrected chi connectivity index (χ2v) is 4.32. The fraction of sp³-hybridized carbons (Fsp3) is 0.545. The number of likely N-dealkylation sites (tertiary alicyclic amines) is 1. The smallest absolute Gasteiger partial charge is 0.232 e. The van der Waals surface area contributed by atoms with Crippen molar-refractivity contribution in [2.24, 2.45) is 0 Å². The lowest BCUT2D eigenvalue weighted by atomic mass is 10.1. The van der Waals surface area contributed by atoms with E-state index < -0.39 is 0 Å². The van der Waals surface area contributed by atoms with Gasteiger partial charge in [0, 0.05) is 19.3 Å². The molecule has 1 aromatic heterocycles. The summed E-state index contributed by atoms with van der Waals surface area (Å²) >= 11 is 5.97. The number of hydrogen-bond acceptors (Lipinski definition) is 3. The lowest BCUT2D eigenvalue weighted by molar-refractivity contribution is 0.110. The van der Waals surface area contributed by atoms with Gasteiger partial charge < -0.3 is 9.64 Å². The van der Waals surface area contributed by atoms with Crippen molar-refractivity contribution in [1.29, 1.82) is 0 Å². The molecule has 2 heterocycles. The van der Waals surface area contributed by atoms with Crippen LogP contribution >= 0.6 is 11.6 Å². The van der Waals surface area contributed by atoms with E-state index in [2.05, 4.69) is 16.9 Å². The molecule has 0 spiro atoms. The van der Waals surface area contributed by atoms with Gasteiger partial charge in [-0.1, -0.05) is 11.6 Å². The fourth-order valence-corrected chi connectivity index (χ4v) is 1.88. The number of piperidine rings is 1. The van der Waals surface area contributed by atoms with E-state index in [1.165, 1.54) is 0 Å². The summed E-state index contributed by atoms with van der Waals surface area (Å²) in [6.45, 7) is 2.16. The van der Waals surface area contributed by atoms with Crippen molar-refractivity contribution in [2.75, 3.05) is 20.1 Å². The monoisotopic (exact) mass is 226 g/mol. The molecule has 0 amide bonds. The molecule has 1 saturated heterocycles. The zero-order valence-corrected chi connectivity index (χ0v) is 9.57. The molecule has 0 radical (unpaired) electrons. The minimum Gasteiger partial charge on any atom is -0.473 e. The number of ether oxygens (including phenoxy) is 1. The Bertz CT molecular complexity index is 324. The van der Waals surface area contributed by atoms with E-state index in [9.17, 15) is 0 Å². The van der Waals surface area contributed by atoms with Crippen molar-refractivity contribution in [3.05, 3.63) is 23.4 Å². The van der Waals surface area contributed by atoms with Gasteiger partial charge in [-0.3, -0.25) is 0 Å². The Labute approximate surface area is 95.0 Å². The van der Waals surface area contributed by atoms with Crippen molar-refractivity contribution in [3.8, 4) is 5.88 Å². The van der Waals surface area contributed by atoms with Crippen LogP contribution in [0.5, 0.6) is 5.88 Å². The molecular weight excluding hydrogens is 212 g/mol. The summed E-state index contributed by atoms with van der Waals surface area (Å²) < 4.78 is 5.76. The molecule has 0 aromatic carbocycles. The topological polar surface area (TPSA) is 25.4 Å². The second kappa shape index (κ2) is 4.81. The predicted octanol–water partition coefficient (Wildman–Crippen LogP) is 2.21. The first kappa shape index (κ1) is 10.7. The first-order chi connectivity index (χ1) is 7.25. The Morgan fingerprint density at radius 3 is 2.87 bits per heavy atom. The van der Waals surface area contributed by atoms with Crippen LogP contribution in [0.15, 0.2) is 18.3 Å². The molecule has 0 unspecified atom stereocenters. The van der Waals surface area contributed by atoms with Crippen LogP contribution in [0, 0.1) is 0 Å². The largest absolute Gasteiger partial charge is 0.473 e. The average Bonchev–Trinajstić information content (AvgIpc) is 2.25. The lowest BCUT2D eigenvalue weighted by Crippen LogP contribution is -2.35. The summed E-state index contributed by atoms with van der Waals surface area (Å²) in [5.74, 6) is 0.564. The molecule has 15 heavy (non-hydrogen) atoms. The van der Waals surface area contributed by atoms with Gasteiger partial charge in [-0.2, -0.15) is 0 Å². The molecule has 1 fully saturated rings. The summed E-state index contributed by atoms with van der Waals surface area (Å²) in [7, 11) is 2.13. The Kier molecular flexibility index (Phi) is 3.44. The Morgan fingerprint density at radius 2 is 2.20 bits per heavy atom. The normalized spacial score (nSPS) is 19.1. The molecule has 0 bridgehead atoms. The number of aromatic nitrogens is 1. The van der Waals surface area contributed by atoms with Gasteiger partial charge in [0.15, 0.2) is 0 Å². The van der Waals surface area contributed by atoms with Crippen LogP contribution in [0.4, 0.5) is 0 Å². The van der Waals surface area contributed by atoms with Gasteiger partial charge in [0.2, 0.25) is 5.88 Å². The molecule has 82 valence electrons. The van der Waals surface area contributed by atoms with Gasteiger partial charge in [0.05, 0.1) is 0 Å². The first-order valence-corrected chi connectivity index (χ1v) is 5.59. The van der Waals surface area contributed by atoms with Crippen molar-refractivity contribution in [2.45, 2.75) is 18.9 Å². The maximum atomic E-state index is 5.97. The molecule has 0 N–H and O–H groups in total. The summed E-state index contributed by atoms with van der Waals surface area (Å²) in [5, 5.41) is 0.594. The zero-order valence-electron chi connectivity index (χ0n) is 8.82. The number of halogens is 1. The molecule has 0 atom stereocenters. The summed E-state index contributed by atoms with van der Waals surface area (Å²) in [6.07, 6.45) is 4.05. The maximum Gasteiger partial charge on any atom is 0.232 e. The molecule has 3 nitrogen and oxygen atoms in total. The fourth-order valence-electron chi connectivity index (χ4n) is 1.72. The highest BCUT2D eigenvalue weighted by molar-refractivity contribution is 6.31. The third-order valence-corrected chi connectivity index (χ3v) is 2.96. The van der Waals surface area contributed by atoms with E-state index >= 15 is 0 Å². The Hall–Kier alpha value is -0.800. The molecule has 0 aliphatic carbocycles. The van der Waals surface area contributed by atoms with Crippen molar-refractivity contribution in [3.63, 3.8) is 0 Å². The zero-order chi connectivity index (χ0) is 10.7. The maximum absolute atomic E-state index is 5.97.